The number of carbonyl (C=O) groups is 3. The second-order valence-corrected chi connectivity index (χ2v) is 10.2. The number of fused-ring (bicyclic) bond motifs is 1. The van der Waals surface area contributed by atoms with Gasteiger partial charge in [0.1, 0.15) is 11.1 Å². The van der Waals surface area contributed by atoms with E-state index in [1.165, 1.54) is 22.7 Å². The molecule has 1 saturated heterocycles. The lowest BCUT2D eigenvalue weighted by Gasteiger charge is -2.43. The summed E-state index contributed by atoms with van der Waals surface area (Å²) in [5.74, 6) is -0.190. The third-order valence-electron chi connectivity index (χ3n) is 6.94. The molecule has 4 amide bonds. The van der Waals surface area contributed by atoms with Crippen LogP contribution in [0.2, 0.25) is 0 Å². The van der Waals surface area contributed by atoms with E-state index in [-0.39, 0.29) is 53.3 Å². The zero-order chi connectivity index (χ0) is 23.4. The Bertz CT molecular complexity index is 916. The Morgan fingerprint density at radius 1 is 1.18 bits per heavy atom. The largest absolute Gasteiger partial charge is 0.356 e. The summed E-state index contributed by atoms with van der Waals surface area (Å²) in [6.45, 7) is 3.31. The summed E-state index contributed by atoms with van der Waals surface area (Å²) in [5.41, 5.74) is 0.443. The smallest absolute Gasteiger partial charge is 0.327 e. The number of carbonyl (C=O) groups excluding carboxylic acids is 3. The molecule has 4 rings (SSSR count). The minimum atomic E-state index is -0.379. The number of imide groups is 1. The Morgan fingerprint density at radius 2 is 1.94 bits per heavy atom. The molecule has 2 aliphatic heterocycles. The molecule has 33 heavy (non-hydrogen) atoms. The topological polar surface area (TPSA) is 69.7 Å². The zero-order valence-corrected chi connectivity index (χ0v) is 19.9. The van der Waals surface area contributed by atoms with E-state index in [9.17, 15) is 18.8 Å². The Labute approximate surface area is 199 Å². The number of hydrogen-bond donors (Lipinski definition) is 1. The molecule has 1 aromatic carbocycles. The van der Waals surface area contributed by atoms with Crippen LogP contribution in [0.4, 0.5) is 9.18 Å². The standard InChI is InChI=1S/C25H32FN3O3S/c1-2-3-13-27-23(30)18-10-8-17(9-11-18)15-29-24(31)22-21(12-14-33-22)28(25(29)32)16-19-6-4-5-7-20(19)26/h4-7,12,14,17-18,21-22H,2-3,8-11,13,15-16H2,1H3,(H,27,30). The lowest BCUT2D eigenvalue weighted by atomic mass is 9.81. The van der Waals surface area contributed by atoms with Gasteiger partial charge in [0.05, 0.1) is 12.6 Å². The molecular formula is C25H32FN3O3S. The van der Waals surface area contributed by atoms with Crippen molar-refractivity contribution in [1.29, 1.82) is 0 Å². The number of urea groups is 1. The van der Waals surface area contributed by atoms with Gasteiger partial charge >= 0.3 is 6.03 Å². The maximum atomic E-state index is 14.3. The van der Waals surface area contributed by atoms with Gasteiger partial charge in [-0.1, -0.05) is 37.6 Å². The van der Waals surface area contributed by atoms with Crippen molar-refractivity contribution in [2.75, 3.05) is 13.1 Å². The molecule has 0 bridgehead atoms. The van der Waals surface area contributed by atoms with Crippen molar-refractivity contribution in [3.8, 4) is 0 Å². The molecule has 1 aliphatic carbocycles. The Hall–Kier alpha value is -2.35. The number of benzene rings is 1. The minimum Gasteiger partial charge on any atom is -0.356 e. The monoisotopic (exact) mass is 473 g/mol. The number of unbranched alkanes of at least 4 members (excludes halogenated alkanes) is 1. The van der Waals surface area contributed by atoms with Crippen molar-refractivity contribution in [3.05, 3.63) is 47.1 Å². The first kappa shape index (κ1) is 23.8. The zero-order valence-electron chi connectivity index (χ0n) is 19.0. The molecule has 0 spiro atoms. The van der Waals surface area contributed by atoms with Crippen LogP contribution in [0.25, 0.3) is 0 Å². The number of nitrogens with one attached hydrogen (secondary N) is 1. The first-order valence-corrected chi connectivity index (χ1v) is 12.9. The molecular weight excluding hydrogens is 441 g/mol. The van der Waals surface area contributed by atoms with E-state index in [1.54, 1.807) is 23.1 Å². The number of rotatable bonds is 8. The molecule has 1 aromatic rings. The van der Waals surface area contributed by atoms with Gasteiger partial charge in [0.15, 0.2) is 0 Å². The van der Waals surface area contributed by atoms with Gasteiger partial charge in [-0.3, -0.25) is 14.5 Å². The van der Waals surface area contributed by atoms with Gasteiger partial charge < -0.3 is 10.2 Å². The Morgan fingerprint density at radius 3 is 2.67 bits per heavy atom. The van der Waals surface area contributed by atoms with E-state index in [0.29, 0.717) is 12.1 Å². The lowest BCUT2D eigenvalue weighted by Crippen LogP contribution is -2.62. The van der Waals surface area contributed by atoms with Crippen LogP contribution in [0, 0.1) is 17.7 Å². The maximum absolute atomic E-state index is 14.3. The predicted molar refractivity (Wildman–Crippen MR) is 127 cm³/mol. The summed E-state index contributed by atoms with van der Waals surface area (Å²) < 4.78 is 14.3. The average molecular weight is 474 g/mol. The van der Waals surface area contributed by atoms with E-state index < -0.39 is 0 Å². The molecule has 1 N–H and O–H groups in total. The highest BCUT2D eigenvalue weighted by Gasteiger charge is 2.47. The maximum Gasteiger partial charge on any atom is 0.327 e. The minimum absolute atomic E-state index is 0.0161. The van der Waals surface area contributed by atoms with Gasteiger partial charge in [0, 0.05) is 24.6 Å². The van der Waals surface area contributed by atoms with Crippen LogP contribution in [-0.4, -0.2) is 52.0 Å². The van der Waals surface area contributed by atoms with Gasteiger partial charge in [-0.15, -0.1) is 11.8 Å². The van der Waals surface area contributed by atoms with Crippen molar-refractivity contribution >= 4 is 29.6 Å². The highest BCUT2D eigenvalue weighted by Crippen LogP contribution is 2.37. The van der Waals surface area contributed by atoms with Crippen molar-refractivity contribution in [3.63, 3.8) is 0 Å². The molecule has 178 valence electrons. The van der Waals surface area contributed by atoms with Crippen LogP contribution in [0.5, 0.6) is 0 Å². The summed E-state index contributed by atoms with van der Waals surface area (Å²) in [6.07, 6.45) is 7.09. The highest BCUT2D eigenvalue weighted by atomic mass is 32.2. The predicted octanol–water partition coefficient (Wildman–Crippen LogP) is 4.31. The van der Waals surface area contributed by atoms with Gasteiger partial charge in [0.2, 0.25) is 11.8 Å². The van der Waals surface area contributed by atoms with E-state index in [0.717, 1.165) is 45.1 Å². The van der Waals surface area contributed by atoms with Crippen LogP contribution in [-0.2, 0) is 16.1 Å². The highest BCUT2D eigenvalue weighted by molar-refractivity contribution is 8.03. The molecule has 2 heterocycles. The second kappa shape index (κ2) is 10.7. The molecule has 0 radical (unpaired) electrons. The van der Waals surface area contributed by atoms with Gasteiger partial charge in [-0.2, -0.15) is 0 Å². The summed E-state index contributed by atoms with van der Waals surface area (Å²) >= 11 is 1.42. The Kier molecular flexibility index (Phi) is 7.73. The number of nitrogens with zero attached hydrogens (tertiary/aromatic N) is 2. The fourth-order valence-electron chi connectivity index (χ4n) is 4.94. The van der Waals surface area contributed by atoms with Gasteiger partial charge in [-0.25, -0.2) is 9.18 Å². The third kappa shape index (κ3) is 5.26. The summed E-state index contributed by atoms with van der Waals surface area (Å²) in [5, 5.41) is 4.50. The SMILES string of the molecule is CCCCNC(=O)C1CCC(CN2C(=O)C3SC=CC3N(Cc3ccccc3F)C2=O)CC1. The first-order chi connectivity index (χ1) is 16.0. The Balaban J connectivity index is 1.39. The summed E-state index contributed by atoms with van der Waals surface area (Å²) in [4.78, 5) is 41.9. The van der Waals surface area contributed by atoms with Crippen LogP contribution in [0.15, 0.2) is 35.7 Å². The van der Waals surface area contributed by atoms with Crippen LogP contribution in [0.1, 0.15) is 51.0 Å². The quantitative estimate of drug-likeness (QED) is 0.571. The van der Waals surface area contributed by atoms with E-state index in [2.05, 4.69) is 12.2 Å². The van der Waals surface area contributed by atoms with E-state index >= 15 is 0 Å². The van der Waals surface area contributed by atoms with Crippen molar-refractivity contribution in [2.24, 2.45) is 11.8 Å². The molecule has 2 unspecified atom stereocenters. The van der Waals surface area contributed by atoms with Crippen LogP contribution < -0.4 is 5.32 Å². The first-order valence-electron chi connectivity index (χ1n) is 11.9. The average Bonchev–Trinajstić information content (AvgIpc) is 3.31. The molecule has 6 nitrogen and oxygen atoms in total. The molecule has 8 heteroatoms. The lowest BCUT2D eigenvalue weighted by molar-refractivity contribution is -0.132. The second-order valence-electron chi connectivity index (χ2n) is 9.19. The third-order valence-corrected chi connectivity index (χ3v) is 8.03. The number of hydrogen-bond acceptors (Lipinski definition) is 4. The normalized spacial score (nSPS) is 27.1. The van der Waals surface area contributed by atoms with E-state index in [1.807, 2.05) is 11.5 Å². The molecule has 2 fully saturated rings. The van der Waals surface area contributed by atoms with Gasteiger partial charge in [0.25, 0.3) is 0 Å². The molecule has 1 saturated carbocycles. The summed E-state index contributed by atoms with van der Waals surface area (Å²) in [6, 6.07) is 5.74. The van der Waals surface area contributed by atoms with Crippen molar-refractivity contribution in [1.82, 2.24) is 15.1 Å². The number of amides is 4. The number of halogens is 1. The van der Waals surface area contributed by atoms with Gasteiger partial charge in [-0.05, 0) is 49.5 Å². The van der Waals surface area contributed by atoms with E-state index in [4.69, 9.17) is 0 Å². The molecule has 3 aliphatic rings. The van der Waals surface area contributed by atoms with Crippen molar-refractivity contribution in [2.45, 2.75) is 63.3 Å². The fourth-order valence-corrected chi connectivity index (χ4v) is 6.01. The fraction of sp³-hybridized carbons (Fsp3) is 0.560. The molecule has 0 aromatic heterocycles. The van der Waals surface area contributed by atoms with Crippen molar-refractivity contribution < 1.29 is 18.8 Å². The van der Waals surface area contributed by atoms with Crippen LogP contribution >= 0.6 is 11.8 Å². The van der Waals surface area contributed by atoms with Crippen LogP contribution in [0.3, 0.4) is 0 Å². The molecule has 2 atom stereocenters. The number of thioether (sulfide) groups is 1. The summed E-state index contributed by atoms with van der Waals surface area (Å²) in [7, 11) is 0.